The number of hydrogen-bond acceptors (Lipinski definition) is 2. The summed E-state index contributed by atoms with van der Waals surface area (Å²) in [5, 5.41) is 0.607. The highest BCUT2D eigenvalue weighted by Gasteiger charge is 2.22. The Morgan fingerprint density at radius 3 is 2.86 bits per heavy atom. The molecular weight excluding hydrogens is 200 g/mol. The van der Waals surface area contributed by atoms with Crippen LogP contribution in [-0.2, 0) is 11.3 Å². The van der Waals surface area contributed by atoms with Crippen LogP contribution in [-0.4, -0.2) is 12.4 Å². The van der Waals surface area contributed by atoms with Gasteiger partial charge in [0.2, 0.25) is 0 Å². The molecule has 1 saturated carbocycles. The monoisotopic (exact) mass is 210 g/mol. The van der Waals surface area contributed by atoms with Crippen LogP contribution in [0.5, 0.6) is 0 Å². The zero-order valence-corrected chi connectivity index (χ0v) is 8.46. The molecule has 0 radical (unpaired) electrons. The van der Waals surface area contributed by atoms with Crippen molar-refractivity contribution in [2.75, 3.05) is 0 Å². The van der Waals surface area contributed by atoms with Crippen LogP contribution in [0.25, 0.3) is 0 Å². The number of hydrogen-bond donors (Lipinski definition) is 0. The summed E-state index contributed by atoms with van der Waals surface area (Å²) < 4.78 is 5.52. The molecule has 0 aromatic heterocycles. The van der Waals surface area contributed by atoms with Crippen LogP contribution < -0.4 is 0 Å². The van der Waals surface area contributed by atoms with Gasteiger partial charge in [0, 0.05) is 10.6 Å². The molecular formula is C11H11ClO2. The van der Waals surface area contributed by atoms with E-state index in [4.69, 9.17) is 16.3 Å². The lowest BCUT2D eigenvalue weighted by atomic mass is 10.1. The fourth-order valence-electron chi connectivity index (χ4n) is 1.20. The van der Waals surface area contributed by atoms with Gasteiger partial charge in [0.1, 0.15) is 6.29 Å². The van der Waals surface area contributed by atoms with Crippen LogP contribution in [0.3, 0.4) is 0 Å². The van der Waals surface area contributed by atoms with Crippen molar-refractivity contribution >= 4 is 17.9 Å². The first-order chi connectivity index (χ1) is 6.79. The molecule has 0 saturated heterocycles. The van der Waals surface area contributed by atoms with Gasteiger partial charge in [-0.3, -0.25) is 4.79 Å². The average molecular weight is 211 g/mol. The van der Waals surface area contributed by atoms with Gasteiger partial charge in [-0.25, -0.2) is 0 Å². The van der Waals surface area contributed by atoms with E-state index < -0.39 is 0 Å². The van der Waals surface area contributed by atoms with Crippen LogP contribution >= 0.6 is 11.6 Å². The maximum absolute atomic E-state index is 10.5. The fourth-order valence-corrected chi connectivity index (χ4v) is 1.44. The summed E-state index contributed by atoms with van der Waals surface area (Å²) in [7, 11) is 0. The minimum absolute atomic E-state index is 0.428. The van der Waals surface area contributed by atoms with E-state index in [9.17, 15) is 4.79 Å². The number of halogens is 1. The molecule has 0 amide bonds. The minimum atomic E-state index is 0.428. The van der Waals surface area contributed by atoms with Crippen molar-refractivity contribution in [1.82, 2.24) is 0 Å². The van der Waals surface area contributed by atoms with Crippen LogP contribution in [0.4, 0.5) is 0 Å². The highest BCUT2D eigenvalue weighted by atomic mass is 35.5. The number of benzene rings is 1. The van der Waals surface area contributed by atoms with E-state index in [0.29, 0.717) is 23.3 Å². The molecule has 0 N–H and O–H groups in total. The molecule has 0 aliphatic heterocycles. The normalized spacial score (nSPS) is 15.5. The van der Waals surface area contributed by atoms with Gasteiger partial charge in [0.25, 0.3) is 0 Å². The zero-order chi connectivity index (χ0) is 9.97. The molecule has 0 unspecified atom stereocenters. The lowest BCUT2D eigenvalue weighted by Crippen LogP contribution is -1.96. The second-order valence-corrected chi connectivity index (χ2v) is 3.89. The molecule has 0 heterocycles. The largest absolute Gasteiger partial charge is 0.373 e. The molecule has 74 valence electrons. The molecule has 1 aliphatic carbocycles. The van der Waals surface area contributed by atoms with Gasteiger partial charge in [0.05, 0.1) is 12.7 Å². The molecule has 2 rings (SSSR count). The van der Waals surface area contributed by atoms with E-state index in [1.165, 1.54) is 0 Å². The Labute approximate surface area is 87.8 Å². The Kier molecular flexibility index (Phi) is 2.85. The molecule has 3 heteroatoms. The summed E-state index contributed by atoms with van der Waals surface area (Å²) in [6.07, 6.45) is 3.53. The third-order valence-electron chi connectivity index (χ3n) is 2.21. The topological polar surface area (TPSA) is 26.3 Å². The maximum atomic E-state index is 10.5. The smallest absolute Gasteiger partial charge is 0.150 e. The second kappa shape index (κ2) is 4.11. The molecule has 1 fully saturated rings. The van der Waals surface area contributed by atoms with Crippen molar-refractivity contribution in [3.63, 3.8) is 0 Å². The first kappa shape index (κ1) is 9.69. The number of rotatable bonds is 4. The molecule has 0 atom stereocenters. The maximum Gasteiger partial charge on any atom is 0.150 e. The number of carbonyl (C=O) groups is 1. The molecule has 0 bridgehead atoms. The number of ether oxygens (including phenoxy) is 1. The summed E-state index contributed by atoms with van der Waals surface area (Å²) in [6.45, 7) is 0.544. The van der Waals surface area contributed by atoms with Crippen molar-refractivity contribution < 1.29 is 9.53 Å². The molecule has 1 aromatic carbocycles. The Balaban J connectivity index is 2.04. The van der Waals surface area contributed by atoms with Crippen molar-refractivity contribution in [1.29, 1.82) is 0 Å². The fraction of sp³-hybridized carbons (Fsp3) is 0.364. The van der Waals surface area contributed by atoms with Crippen molar-refractivity contribution in [3.05, 3.63) is 34.3 Å². The highest BCUT2D eigenvalue weighted by Crippen LogP contribution is 2.26. The third-order valence-corrected chi connectivity index (χ3v) is 2.56. The Bertz CT molecular complexity index is 345. The van der Waals surface area contributed by atoms with Crippen LogP contribution in [0.15, 0.2) is 18.2 Å². The van der Waals surface area contributed by atoms with E-state index in [1.54, 1.807) is 12.1 Å². The highest BCUT2D eigenvalue weighted by molar-refractivity contribution is 6.31. The summed E-state index contributed by atoms with van der Waals surface area (Å²) >= 11 is 5.97. The number of aldehydes is 1. The van der Waals surface area contributed by atoms with Gasteiger partial charge in [0.15, 0.2) is 0 Å². The second-order valence-electron chi connectivity index (χ2n) is 3.48. The third kappa shape index (κ3) is 2.34. The zero-order valence-electron chi connectivity index (χ0n) is 7.70. The predicted octanol–water partition coefficient (Wildman–Crippen LogP) is 2.83. The average Bonchev–Trinajstić information content (AvgIpc) is 2.99. The molecule has 1 aliphatic rings. The Hall–Kier alpha value is -0.860. The van der Waals surface area contributed by atoms with Gasteiger partial charge in [-0.2, -0.15) is 0 Å². The summed E-state index contributed by atoms with van der Waals surface area (Å²) in [4.78, 5) is 10.5. The summed E-state index contributed by atoms with van der Waals surface area (Å²) in [6, 6.07) is 5.26. The van der Waals surface area contributed by atoms with Crippen LogP contribution in [0, 0.1) is 0 Å². The van der Waals surface area contributed by atoms with Crippen LogP contribution in [0.1, 0.15) is 28.8 Å². The Morgan fingerprint density at radius 1 is 1.50 bits per heavy atom. The molecule has 14 heavy (non-hydrogen) atoms. The van der Waals surface area contributed by atoms with Crippen molar-refractivity contribution in [2.24, 2.45) is 0 Å². The predicted molar refractivity (Wildman–Crippen MR) is 54.7 cm³/mol. The van der Waals surface area contributed by atoms with Gasteiger partial charge < -0.3 is 4.74 Å². The summed E-state index contributed by atoms with van der Waals surface area (Å²) in [5.41, 5.74) is 1.55. The van der Waals surface area contributed by atoms with Gasteiger partial charge >= 0.3 is 0 Å². The Morgan fingerprint density at radius 2 is 2.29 bits per heavy atom. The standard InChI is InChI=1S/C11H11ClO2/c12-11-5-8(6-13)1-2-9(11)7-14-10-3-4-10/h1-2,5-6,10H,3-4,7H2. The van der Waals surface area contributed by atoms with Gasteiger partial charge in [-0.1, -0.05) is 23.7 Å². The first-order valence-electron chi connectivity index (χ1n) is 4.65. The van der Waals surface area contributed by atoms with Crippen LogP contribution in [0.2, 0.25) is 5.02 Å². The minimum Gasteiger partial charge on any atom is -0.373 e. The SMILES string of the molecule is O=Cc1ccc(COC2CC2)c(Cl)c1. The molecule has 2 nitrogen and oxygen atoms in total. The van der Waals surface area contributed by atoms with E-state index in [0.717, 1.165) is 24.7 Å². The van der Waals surface area contributed by atoms with E-state index in [-0.39, 0.29) is 0 Å². The van der Waals surface area contributed by atoms with Crippen molar-refractivity contribution in [2.45, 2.75) is 25.6 Å². The van der Waals surface area contributed by atoms with E-state index >= 15 is 0 Å². The molecule has 1 aromatic rings. The first-order valence-corrected chi connectivity index (χ1v) is 5.02. The lowest BCUT2D eigenvalue weighted by Gasteiger charge is -2.05. The quantitative estimate of drug-likeness (QED) is 0.715. The lowest BCUT2D eigenvalue weighted by molar-refractivity contribution is 0.106. The van der Waals surface area contributed by atoms with E-state index in [2.05, 4.69) is 0 Å². The van der Waals surface area contributed by atoms with E-state index in [1.807, 2.05) is 6.07 Å². The van der Waals surface area contributed by atoms with Gasteiger partial charge in [-0.15, -0.1) is 0 Å². The van der Waals surface area contributed by atoms with Gasteiger partial charge in [-0.05, 0) is 24.5 Å². The number of carbonyl (C=O) groups excluding carboxylic acids is 1. The molecule has 0 spiro atoms. The summed E-state index contributed by atoms with van der Waals surface area (Å²) in [5.74, 6) is 0. The van der Waals surface area contributed by atoms with Crippen molar-refractivity contribution in [3.8, 4) is 0 Å².